The molecular weight excluding hydrogens is 1590 g/mol. The molecule has 10 heterocycles. The molecule has 20 heteroatoms. The maximum Gasteiger partial charge on any atom is 2.00 e. The van der Waals surface area contributed by atoms with Crippen molar-refractivity contribution in [1.29, 1.82) is 0 Å². The van der Waals surface area contributed by atoms with E-state index in [0.29, 0.717) is 46.3 Å². The van der Waals surface area contributed by atoms with Gasteiger partial charge in [0.15, 0.2) is 0 Å². The molecule has 0 unspecified atom stereocenters. The molecule has 96 heavy (non-hydrogen) atoms. The van der Waals surface area contributed by atoms with E-state index in [1.54, 1.807) is 54.6 Å². The first-order chi connectivity index (χ1) is 44.6. The van der Waals surface area contributed by atoms with E-state index in [4.69, 9.17) is 40.3 Å². The van der Waals surface area contributed by atoms with Crippen LogP contribution in [-0.4, -0.2) is 81.5 Å². The van der Waals surface area contributed by atoms with E-state index in [2.05, 4.69) is 210 Å². The SMILES string of the molecule is CC(C)(C)c1ccc(N(c2cccc(-n3[c-]cc(-c4ccccn4)n3)n2)c2cccc(-n3[c-]cc(-c4ccccn4)n3)n2)cc1.CSc1c[c-]n(-c2cc(C(C)(C)C)cc(N(c3cc(C(C)(C)C)cc(C(C)(C)C)c3)c3cc(C(C)(C)C)cc(-n4[c-]cc(SC)n4)n3)n2)n1.[Pt+2].[Pt+2]. The Kier molecular flexibility index (Phi) is 22.0. The van der Waals surface area contributed by atoms with Crippen LogP contribution in [0.2, 0.25) is 0 Å². The van der Waals surface area contributed by atoms with Gasteiger partial charge in [-0.1, -0.05) is 195 Å². The zero-order chi connectivity index (χ0) is 66.9. The molecule has 0 aliphatic rings. The Morgan fingerprint density at radius 3 is 1.05 bits per heavy atom. The van der Waals surface area contributed by atoms with Crippen LogP contribution in [0, 0.1) is 24.8 Å². The van der Waals surface area contributed by atoms with Crippen molar-refractivity contribution in [2.24, 2.45) is 0 Å². The molecule has 2 aromatic carbocycles. The number of anilines is 6. The first-order valence-electron chi connectivity index (χ1n) is 31.3. The zero-order valence-corrected chi connectivity index (χ0v) is 63.5. The van der Waals surface area contributed by atoms with E-state index in [1.165, 1.54) is 16.7 Å². The predicted molar refractivity (Wildman–Crippen MR) is 381 cm³/mol. The van der Waals surface area contributed by atoms with Gasteiger partial charge in [0.05, 0.1) is 23.3 Å². The molecule has 10 aromatic heterocycles. The summed E-state index contributed by atoms with van der Waals surface area (Å²) in [6, 6.07) is 54.6. The Morgan fingerprint density at radius 1 is 0.323 bits per heavy atom. The summed E-state index contributed by atoms with van der Waals surface area (Å²) in [5.74, 6) is 5.47. The summed E-state index contributed by atoms with van der Waals surface area (Å²) in [4.78, 5) is 33.7. The molecule has 0 aliphatic heterocycles. The summed E-state index contributed by atoms with van der Waals surface area (Å²) in [6.45, 7) is 33.6. The largest absolute Gasteiger partial charge is 2.00 e. The fourth-order valence-electron chi connectivity index (χ4n) is 10.2. The Hall–Kier alpha value is -8.14. The minimum atomic E-state index is -0.165. The molecule has 0 fully saturated rings. The molecule has 0 amide bonds. The standard InChI is InChI=1S/C40H51N7S2.C36H29N9.2Pt/c1-37(2,3)26-19-27(38(4,5)6)21-30(20-26)47(33-24-28(39(7,8)9)22-31(41-33)45-17-15-35(43-45)48-13)34-25-29(40(10,11)12)23-32(42-34)46-18-16-36(44-46)49-14;1-36(2,3)26-16-18-27(19-17-26)45(34-14-8-12-32(39-34)43-24-20-30(41-43)28-10-4-6-22-37-28)35-15-9-13-33(40-35)44-25-21-31(42-44)29-11-5-7-23-38-29;;/h15-16,19-25H,1-14H3;4-23H,1-3H3;;/q2*-2;2*+2. The Labute approximate surface area is 602 Å². The second kappa shape index (κ2) is 29.3. The predicted octanol–water partition coefficient (Wildman–Crippen LogP) is 17.9. The van der Waals surface area contributed by atoms with E-state index in [0.717, 1.165) is 55.6 Å². The van der Waals surface area contributed by atoms with Gasteiger partial charge in [-0.05, 0) is 140 Å². The van der Waals surface area contributed by atoms with Crippen LogP contribution in [0.15, 0.2) is 186 Å². The number of aromatic nitrogens is 14. The maximum atomic E-state index is 5.33. The normalized spacial score (nSPS) is 11.9. The van der Waals surface area contributed by atoms with Gasteiger partial charge in [-0.15, -0.1) is 24.3 Å². The van der Waals surface area contributed by atoms with Crippen LogP contribution < -0.4 is 9.80 Å². The van der Waals surface area contributed by atoms with Crippen LogP contribution in [0.4, 0.5) is 34.6 Å². The second-order valence-corrected chi connectivity index (χ2v) is 29.8. The second-order valence-electron chi connectivity index (χ2n) is 28.1. The molecule has 12 rings (SSSR count). The monoisotopic (exact) mass is 1670 g/mol. The average Bonchev–Trinajstić information content (AvgIpc) is 0.912. The van der Waals surface area contributed by atoms with Crippen molar-refractivity contribution in [3.05, 3.63) is 229 Å². The van der Waals surface area contributed by atoms with Gasteiger partial charge < -0.3 is 18.7 Å². The number of pyridine rings is 6. The molecule has 0 radical (unpaired) electrons. The van der Waals surface area contributed by atoms with Gasteiger partial charge in [0.1, 0.15) is 23.3 Å². The van der Waals surface area contributed by atoms with E-state index in [1.807, 2.05) is 114 Å². The minimum Gasteiger partial charge on any atom is -0.343 e. The van der Waals surface area contributed by atoms with Crippen LogP contribution in [0.5, 0.6) is 0 Å². The van der Waals surface area contributed by atoms with E-state index in [-0.39, 0.29) is 69.2 Å². The van der Waals surface area contributed by atoms with Crippen molar-refractivity contribution in [2.75, 3.05) is 22.3 Å². The maximum absolute atomic E-state index is 5.33. The molecule has 0 spiro atoms. The van der Waals surface area contributed by atoms with Crippen molar-refractivity contribution >= 4 is 58.2 Å². The van der Waals surface area contributed by atoms with Gasteiger partial charge in [-0.25, -0.2) is 0 Å². The summed E-state index contributed by atoms with van der Waals surface area (Å²) < 4.78 is 6.77. The zero-order valence-electron chi connectivity index (χ0n) is 57.3. The molecule has 12 aromatic rings. The topological polar surface area (TPSA) is 155 Å². The number of hydrogen-bond donors (Lipinski definition) is 0. The van der Waals surface area contributed by atoms with Gasteiger partial charge in [0.2, 0.25) is 0 Å². The third-order valence-electron chi connectivity index (χ3n) is 15.8. The minimum absolute atomic E-state index is 0. The average molecular weight is 1670 g/mol. The van der Waals surface area contributed by atoms with Gasteiger partial charge >= 0.3 is 42.1 Å². The van der Waals surface area contributed by atoms with Gasteiger partial charge in [0, 0.05) is 56.6 Å². The molecule has 0 aliphatic carbocycles. The number of hydrogen-bond acceptors (Lipinski definition) is 14. The van der Waals surface area contributed by atoms with Crippen LogP contribution >= 0.6 is 23.5 Å². The van der Waals surface area contributed by atoms with Crippen molar-refractivity contribution in [3.8, 4) is 46.0 Å². The van der Waals surface area contributed by atoms with Crippen LogP contribution in [0.3, 0.4) is 0 Å². The smallest absolute Gasteiger partial charge is 0.343 e. The van der Waals surface area contributed by atoms with E-state index < -0.39 is 0 Å². The summed E-state index contributed by atoms with van der Waals surface area (Å²) >= 11 is 3.18. The quantitative estimate of drug-likeness (QED) is 0.0749. The molecule has 496 valence electrons. The Morgan fingerprint density at radius 2 is 0.688 bits per heavy atom. The summed E-state index contributed by atoms with van der Waals surface area (Å²) in [7, 11) is 0. The van der Waals surface area contributed by atoms with E-state index >= 15 is 0 Å². The summed E-state index contributed by atoms with van der Waals surface area (Å²) in [6.07, 6.45) is 20.5. The summed E-state index contributed by atoms with van der Waals surface area (Å²) in [5, 5.41) is 20.7. The first-order valence-corrected chi connectivity index (χ1v) is 33.7. The van der Waals surface area contributed by atoms with Gasteiger partial charge in [0.25, 0.3) is 0 Å². The third-order valence-corrected chi connectivity index (χ3v) is 17.0. The van der Waals surface area contributed by atoms with Gasteiger partial charge in [-0.3, -0.25) is 60.1 Å². The molecule has 0 bridgehead atoms. The molecule has 0 atom stereocenters. The van der Waals surface area contributed by atoms with Crippen molar-refractivity contribution in [1.82, 2.24) is 69.0 Å². The van der Waals surface area contributed by atoms with Crippen molar-refractivity contribution in [2.45, 2.75) is 141 Å². The third kappa shape index (κ3) is 16.8. The van der Waals surface area contributed by atoms with Gasteiger partial charge in [-0.2, -0.15) is 23.5 Å². The number of rotatable bonds is 14. The Bertz CT molecular complexity index is 4330. The van der Waals surface area contributed by atoms with Crippen molar-refractivity contribution in [3.63, 3.8) is 0 Å². The molecule has 0 saturated heterocycles. The van der Waals surface area contributed by atoms with Crippen LogP contribution in [0.1, 0.15) is 132 Å². The van der Waals surface area contributed by atoms with Crippen LogP contribution in [0.25, 0.3) is 46.0 Å². The van der Waals surface area contributed by atoms with Crippen molar-refractivity contribution < 1.29 is 42.1 Å². The molecular formula is C76H80N16Pt2S2. The first kappa shape index (κ1) is 72.1. The Balaban J connectivity index is 0.000000221. The molecule has 0 saturated carbocycles. The number of benzene rings is 2. The van der Waals surface area contributed by atoms with E-state index in [9.17, 15) is 0 Å². The number of nitrogens with zero attached hydrogens (tertiary/aromatic N) is 16. The fraction of sp³-hybridized carbons (Fsp3) is 0.289. The number of thioether (sulfide) groups is 2. The fourth-order valence-corrected chi connectivity index (χ4v) is 10.8. The summed E-state index contributed by atoms with van der Waals surface area (Å²) in [5.41, 5.74) is 10.4. The molecule has 16 nitrogen and oxygen atoms in total. The van der Waals surface area contributed by atoms with Crippen LogP contribution in [-0.2, 0) is 69.2 Å². The molecule has 0 N–H and O–H groups in total.